The van der Waals surface area contributed by atoms with Crippen LogP contribution in [0.5, 0.6) is 0 Å². The minimum Gasteiger partial charge on any atom is -0.335 e. The molecule has 0 radical (unpaired) electrons. The Hall–Kier alpha value is -0.990. The largest absolute Gasteiger partial charge is 0.335 e. The number of allylic oxidation sites excluding steroid dienone is 2. The molecule has 1 unspecified atom stereocenters. The lowest BCUT2D eigenvalue weighted by Crippen LogP contribution is -2.52. The Morgan fingerprint density at radius 3 is 2.70 bits per heavy atom. The van der Waals surface area contributed by atoms with Gasteiger partial charge in [0.1, 0.15) is 0 Å². The number of urea groups is 1. The van der Waals surface area contributed by atoms with Gasteiger partial charge in [0.2, 0.25) is 0 Å². The van der Waals surface area contributed by atoms with Crippen molar-refractivity contribution >= 4 is 6.03 Å². The molecular weight excluding hydrogens is 248 g/mol. The molecule has 3 aliphatic rings. The van der Waals surface area contributed by atoms with E-state index in [0.29, 0.717) is 11.5 Å². The standard InChI is InChI=1S/C17H28N2O/c20-16(18-15-8-3-1-4-9-15)19-13-7-12-17(14-19)10-5-2-6-11-17/h2,5,15H,1,3-4,6-14H2,(H,18,20). The number of rotatable bonds is 1. The van der Waals surface area contributed by atoms with Crippen LogP contribution in [0, 0.1) is 5.41 Å². The predicted octanol–water partition coefficient (Wildman–Crippen LogP) is 3.85. The first-order valence-corrected chi connectivity index (χ1v) is 8.48. The van der Waals surface area contributed by atoms with Crippen LogP contribution in [0.3, 0.4) is 0 Å². The second-order valence-electron chi connectivity index (χ2n) is 7.02. The molecule has 1 saturated carbocycles. The molecule has 3 nitrogen and oxygen atoms in total. The van der Waals surface area contributed by atoms with Crippen molar-refractivity contribution in [3.05, 3.63) is 12.2 Å². The molecule has 1 atom stereocenters. The predicted molar refractivity (Wildman–Crippen MR) is 81.6 cm³/mol. The Kier molecular flexibility index (Phi) is 4.32. The highest BCUT2D eigenvalue weighted by molar-refractivity contribution is 5.74. The zero-order chi connectivity index (χ0) is 13.8. The fraction of sp³-hybridized carbons (Fsp3) is 0.824. The lowest BCUT2D eigenvalue weighted by atomic mass is 9.71. The third-order valence-corrected chi connectivity index (χ3v) is 5.44. The Bertz CT molecular complexity index is 373. The van der Waals surface area contributed by atoms with Gasteiger partial charge in [0, 0.05) is 19.1 Å². The van der Waals surface area contributed by atoms with E-state index in [2.05, 4.69) is 22.4 Å². The van der Waals surface area contributed by atoms with E-state index in [1.54, 1.807) is 0 Å². The number of piperidine rings is 1. The summed E-state index contributed by atoms with van der Waals surface area (Å²) in [6, 6.07) is 0.630. The zero-order valence-corrected chi connectivity index (χ0v) is 12.6. The first-order valence-electron chi connectivity index (χ1n) is 8.48. The lowest BCUT2D eigenvalue weighted by Gasteiger charge is -2.44. The van der Waals surface area contributed by atoms with Crippen LogP contribution in [0.2, 0.25) is 0 Å². The first-order chi connectivity index (χ1) is 9.77. The van der Waals surface area contributed by atoms with Crippen LogP contribution < -0.4 is 5.32 Å². The van der Waals surface area contributed by atoms with Gasteiger partial charge in [0.25, 0.3) is 0 Å². The van der Waals surface area contributed by atoms with Crippen molar-refractivity contribution in [3.8, 4) is 0 Å². The normalized spacial score (nSPS) is 31.5. The van der Waals surface area contributed by atoms with Gasteiger partial charge in [0.15, 0.2) is 0 Å². The number of hydrogen-bond donors (Lipinski definition) is 1. The van der Waals surface area contributed by atoms with Crippen molar-refractivity contribution in [2.24, 2.45) is 5.41 Å². The summed E-state index contributed by atoms with van der Waals surface area (Å²) in [5.74, 6) is 0. The summed E-state index contributed by atoms with van der Waals surface area (Å²) < 4.78 is 0. The SMILES string of the molecule is O=C(NC1CCCCC1)N1CCCC2(CC=CCC2)C1. The van der Waals surface area contributed by atoms with E-state index in [9.17, 15) is 4.79 Å². The minimum atomic E-state index is 0.200. The zero-order valence-electron chi connectivity index (χ0n) is 12.6. The van der Waals surface area contributed by atoms with E-state index in [-0.39, 0.29) is 6.03 Å². The van der Waals surface area contributed by atoms with E-state index in [1.807, 2.05) is 0 Å². The van der Waals surface area contributed by atoms with Crippen molar-refractivity contribution in [1.82, 2.24) is 10.2 Å². The van der Waals surface area contributed by atoms with Crippen LogP contribution in [-0.4, -0.2) is 30.1 Å². The van der Waals surface area contributed by atoms with Gasteiger partial charge in [-0.1, -0.05) is 31.4 Å². The molecule has 2 aliphatic carbocycles. The van der Waals surface area contributed by atoms with Crippen LogP contribution in [0.1, 0.15) is 64.2 Å². The molecule has 20 heavy (non-hydrogen) atoms. The van der Waals surface area contributed by atoms with E-state index in [4.69, 9.17) is 0 Å². The summed E-state index contributed by atoms with van der Waals surface area (Å²) in [5, 5.41) is 3.28. The molecule has 1 saturated heterocycles. The van der Waals surface area contributed by atoms with Gasteiger partial charge < -0.3 is 10.2 Å². The molecule has 1 N–H and O–H groups in total. The van der Waals surface area contributed by atoms with Gasteiger partial charge in [-0.05, 0) is 50.4 Å². The smallest absolute Gasteiger partial charge is 0.317 e. The van der Waals surface area contributed by atoms with Gasteiger partial charge in [-0.3, -0.25) is 0 Å². The Balaban J connectivity index is 1.55. The highest BCUT2D eigenvalue weighted by atomic mass is 16.2. The summed E-state index contributed by atoms with van der Waals surface area (Å²) in [6.07, 6.45) is 17.0. The summed E-state index contributed by atoms with van der Waals surface area (Å²) in [5.41, 5.74) is 0.386. The molecule has 0 aromatic heterocycles. The summed E-state index contributed by atoms with van der Waals surface area (Å²) in [7, 11) is 0. The van der Waals surface area contributed by atoms with Gasteiger partial charge in [0.05, 0.1) is 0 Å². The topological polar surface area (TPSA) is 32.3 Å². The van der Waals surface area contributed by atoms with Crippen LogP contribution in [0.25, 0.3) is 0 Å². The highest BCUT2D eigenvalue weighted by Crippen LogP contribution is 2.40. The number of amides is 2. The molecular formula is C17H28N2O. The van der Waals surface area contributed by atoms with Crippen LogP contribution in [-0.2, 0) is 0 Å². The lowest BCUT2D eigenvalue weighted by molar-refractivity contribution is 0.0938. The third kappa shape index (κ3) is 3.18. The van der Waals surface area contributed by atoms with Crippen molar-refractivity contribution in [3.63, 3.8) is 0 Å². The number of carbonyl (C=O) groups is 1. The van der Waals surface area contributed by atoms with Gasteiger partial charge >= 0.3 is 6.03 Å². The average Bonchev–Trinajstić information content (AvgIpc) is 2.49. The third-order valence-electron chi connectivity index (χ3n) is 5.44. The van der Waals surface area contributed by atoms with E-state index < -0.39 is 0 Å². The molecule has 3 heteroatoms. The second-order valence-corrected chi connectivity index (χ2v) is 7.02. The summed E-state index contributed by atoms with van der Waals surface area (Å²) >= 11 is 0. The van der Waals surface area contributed by atoms with Crippen molar-refractivity contribution in [2.75, 3.05) is 13.1 Å². The number of nitrogens with zero attached hydrogens (tertiary/aromatic N) is 1. The average molecular weight is 276 g/mol. The summed E-state index contributed by atoms with van der Waals surface area (Å²) in [4.78, 5) is 14.6. The maximum Gasteiger partial charge on any atom is 0.317 e. The summed E-state index contributed by atoms with van der Waals surface area (Å²) in [6.45, 7) is 1.92. The van der Waals surface area contributed by atoms with Gasteiger partial charge in [-0.25, -0.2) is 4.79 Å². The molecule has 1 heterocycles. The molecule has 2 amide bonds. The second kappa shape index (κ2) is 6.19. The van der Waals surface area contributed by atoms with Gasteiger partial charge in [-0.15, -0.1) is 0 Å². The number of hydrogen-bond acceptors (Lipinski definition) is 1. The van der Waals surface area contributed by atoms with Crippen LogP contribution in [0.4, 0.5) is 4.79 Å². The molecule has 112 valence electrons. The molecule has 1 aliphatic heterocycles. The first kappa shape index (κ1) is 14.0. The number of likely N-dealkylation sites (tertiary alicyclic amines) is 1. The Morgan fingerprint density at radius 2 is 1.95 bits per heavy atom. The van der Waals surface area contributed by atoms with Crippen LogP contribution >= 0.6 is 0 Å². The Morgan fingerprint density at radius 1 is 1.10 bits per heavy atom. The molecule has 0 aromatic carbocycles. The van der Waals surface area contributed by atoms with E-state index in [0.717, 1.165) is 13.1 Å². The molecule has 0 aromatic rings. The van der Waals surface area contributed by atoms with Crippen LogP contribution in [0.15, 0.2) is 12.2 Å². The van der Waals surface area contributed by atoms with Crippen molar-refractivity contribution < 1.29 is 4.79 Å². The minimum absolute atomic E-state index is 0.200. The fourth-order valence-electron chi connectivity index (χ4n) is 4.21. The van der Waals surface area contributed by atoms with E-state index in [1.165, 1.54) is 64.2 Å². The number of carbonyl (C=O) groups excluding carboxylic acids is 1. The molecule has 1 spiro atoms. The number of nitrogens with one attached hydrogen (secondary N) is 1. The maximum absolute atomic E-state index is 12.5. The van der Waals surface area contributed by atoms with Crippen molar-refractivity contribution in [2.45, 2.75) is 70.3 Å². The molecule has 2 fully saturated rings. The maximum atomic E-state index is 12.5. The molecule has 3 rings (SSSR count). The Labute approximate surface area is 122 Å². The van der Waals surface area contributed by atoms with E-state index >= 15 is 0 Å². The van der Waals surface area contributed by atoms with Crippen molar-refractivity contribution in [1.29, 1.82) is 0 Å². The highest BCUT2D eigenvalue weighted by Gasteiger charge is 2.37. The fourth-order valence-corrected chi connectivity index (χ4v) is 4.21. The quantitative estimate of drug-likeness (QED) is 0.725. The monoisotopic (exact) mass is 276 g/mol. The molecule has 0 bridgehead atoms. The van der Waals surface area contributed by atoms with Gasteiger partial charge in [-0.2, -0.15) is 0 Å².